The Bertz CT molecular complexity index is 479. The van der Waals surface area contributed by atoms with Gasteiger partial charge >= 0.3 is 6.18 Å². The van der Waals surface area contributed by atoms with E-state index in [0.717, 1.165) is 5.56 Å². The third kappa shape index (κ3) is 4.38. The van der Waals surface area contributed by atoms with E-state index in [9.17, 15) is 18.0 Å². The van der Waals surface area contributed by atoms with E-state index >= 15 is 0 Å². The summed E-state index contributed by atoms with van der Waals surface area (Å²) in [5.41, 5.74) is 0.895. The lowest BCUT2D eigenvalue weighted by Gasteiger charge is -2.38. The number of hydrogen-bond acceptors (Lipinski definition) is 2. The van der Waals surface area contributed by atoms with E-state index in [0.29, 0.717) is 0 Å². The Kier molecular flexibility index (Phi) is 4.44. The summed E-state index contributed by atoms with van der Waals surface area (Å²) in [4.78, 5) is 13.2. The monoisotopic (exact) mass is 285 g/mol. The molecular weight excluding hydrogens is 271 g/mol. The molecule has 1 saturated heterocycles. The fourth-order valence-electron chi connectivity index (χ4n) is 1.77. The lowest BCUT2D eigenvalue weighted by atomic mass is 10.1. The highest BCUT2D eigenvalue weighted by molar-refractivity contribution is 5.92. The maximum atomic E-state index is 11.9. The van der Waals surface area contributed by atoms with Gasteiger partial charge in [0, 0.05) is 19.2 Å². The summed E-state index contributed by atoms with van der Waals surface area (Å²) >= 11 is 0. The molecule has 0 saturated carbocycles. The molecule has 1 fully saturated rings. The van der Waals surface area contributed by atoms with Crippen molar-refractivity contribution in [1.29, 1.82) is 0 Å². The van der Waals surface area contributed by atoms with Crippen molar-refractivity contribution in [2.45, 2.75) is 12.3 Å². The molecule has 2 rings (SSSR count). The molecule has 0 bridgehead atoms. The van der Waals surface area contributed by atoms with E-state index in [-0.39, 0.29) is 19.0 Å². The Morgan fingerprint density at radius 1 is 1.30 bits per heavy atom. The lowest BCUT2D eigenvalue weighted by Crippen LogP contribution is -2.54. The van der Waals surface area contributed by atoms with Crippen LogP contribution in [0.15, 0.2) is 36.4 Å². The van der Waals surface area contributed by atoms with Gasteiger partial charge in [0.2, 0.25) is 5.91 Å². The number of hydrogen-bond donors (Lipinski definition) is 0. The molecule has 0 radical (unpaired) electrons. The van der Waals surface area contributed by atoms with Crippen molar-refractivity contribution in [3.05, 3.63) is 42.0 Å². The van der Waals surface area contributed by atoms with Crippen LogP contribution in [0.3, 0.4) is 0 Å². The first-order valence-electron chi connectivity index (χ1n) is 6.14. The number of alkyl halides is 3. The molecule has 3 nitrogen and oxygen atoms in total. The highest BCUT2D eigenvalue weighted by Crippen LogP contribution is 2.19. The minimum atomic E-state index is -4.32. The van der Waals surface area contributed by atoms with Crippen molar-refractivity contribution >= 4 is 12.0 Å². The average Bonchev–Trinajstić information content (AvgIpc) is 2.34. The molecule has 1 heterocycles. The Labute approximate surface area is 114 Å². The van der Waals surface area contributed by atoms with Crippen LogP contribution in [0, 0.1) is 0 Å². The van der Waals surface area contributed by atoms with E-state index < -0.39 is 18.9 Å². The zero-order chi connectivity index (χ0) is 14.6. The molecular formula is C14H14F3NO2. The fourth-order valence-corrected chi connectivity index (χ4v) is 1.77. The SMILES string of the molecule is O=C(C=Cc1ccccc1)N1CC(OCC(F)(F)F)C1. The second-order valence-corrected chi connectivity index (χ2v) is 4.54. The van der Waals surface area contributed by atoms with Crippen LogP contribution in [0.2, 0.25) is 0 Å². The van der Waals surface area contributed by atoms with E-state index in [1.165, 1.54) is 11.0 Å². The first-order valence-corrected chi connectivity index (χ1v) is 6.14. The number of carbonyl (C=O) groups excluding carboxylic acids is 1. The van der Waals surface area contributed by atoms with Gasteiger partial charge in [0.05, 0.1) is 6.10 Å². The van der Waals surface area contributed by atoms with Crippen LogP contribution in [-0.2, 0) is 9.53 Å². The van der Waals surface area contributed by atoms with E-state index in [1.54, 1.807) is 6.08 Å². The summed E-state index contributed by atoms with van der Waals surface area (Å²) in [6.45, 7) is -0.859. The standard InChI is InChI=1S/C14H14F3NO2/c15-14(16,17)10-20-12-8-18(9-12)13(19)7-6-11-4-2-1-3-5-11/h1-7,12H,8-10H2. The van der Waals surface area contributed by atoms with Crippen LogP contribution in [0.1, 0.15) is 5.56 Å². The van der Waals surface area contributed by atoms with E-state index in [1.807, 2.05) is 30.3 Å². The number of likely N-dealkylation sites (tertiary alicyclic amines) is 1. The Balaban J connectivity index is 1.73. The molecule has 0 N–H and O–H groups in total. The third-order valence-electron chi connectivity index (χ3n) is 2.86. The van der Waals surface area contributed by atoms with Gasteiger partial charge in [-0.2, -0.15) is 13.2 Å². The van der Waals surface area contributed by atoms with Gasteiger partial charge < -0.3 is 9.64 Å². The second kappa shape index (κ2) is 6.09. The maximum Gasteiger partial charge on any atom is 0.411 e. The van der Waals surface area contributed by atoms with Gasteiger partial charge in [-0.3, -0.25) is 4.79 Å². The highest BCUT2D eigenvalue weighted by Gasteiger charge is 2.35. The van der Waals surface area contributed by atoms with Crippen LogP contribution in [-0.4, -0.2) is 42.8 Å². The van der Waals surface area contributed by atoms with Crippen molar-refractivity contribution in [2.75, 3.05) is 19.7 Å². The van der Waals surface area contributed by atoms with Crippen LogP contribution in [0.4, 0.5) is 13.2 Å². The van der Waals surface area contributed by atoms with Crippen molar-refractivity contribution < 1.29 is 22.7 Å². The topological polar surface area (TPSA) is 29.5 Å². The summed E-state index contributed by atoms with van der Waals surface area (Å²) in [5, 5.41) is 0. The average molecular weight is 285 g/mol. The van der Waals surface area contributed by atoms with Gasteiger partial charge in [-0.05, 0) is 11.6 Å². The molecule has 1 aliphatic rings. The van der Waals surface area contributed by atoms with Gasteiger partial charge in [-0.1, -0.05) is 30.3 Å². The van der Waals surface area contributed by atoms with Crippen molar-refractivity contribution in [1.82, 2.24) is 4.90 Å². The Morgan fingerprint density at radius 3 is 2.55 bits per heavy atom. The number of amides is 1. The number of carbonyl (C=O) groups is 1. The number of benzene rings is 1. The van der Waals surface area contributed by atoms with Gasteiger partial charge in [-0.25, -0.2) is 0 Å². The molecule has 0 unspecified atom stereocenters. The molecule has 6 heteroatoms. The molecule has 0 aromatic heterocycles. The molecule has 1 aromatic carbocycles. The Hall–Kier alpha value is -1.82. The molecule has 1 amide bonds. The molecule has 108 valence electrons. The van der Waals surface area contributed by atoms with Crippen LogP contribution in [0.25, 0.3) is 6.08 Å². The zero-order valence-electron chi connectivity index (χ0n) is 10.6. The van der Waals surface area contributed by atoms with Gasteiger partial charge in [0.25, 0.3) is 0 Å². The first-order chi connectivity index (χ1) is 9.44. The Morgan fingerprint density at radius 2 is 1.95 bits per heavy atom. The summed E-state index contributed by atoms with van der Waals surface area (Å²) in [5.74, 6) is -0.222. The molecule has 0 atom stereocenters. The van der Waals surface area contributed by atoms with Crippen LogP contribution < -0.4 is 0 Å². The smallest absolute Gasteiger partial charge is 0.365 e. The predicted octanol–water partition coefficient (Wildman–Crippen LogP) is 2.49. The van der Waals surface area contributed by atoms with Gasteiger partial charge in [0.15, 0.2) is 0 Å². The summed E-state index contributed by atoms with van der Waals surface area (Å²) in [7, 11) is 0. The number of nitrogens with zero attached hydrogens (tertiary/aromatic N) is 1. The van der Waals surface area contributed by atoms with Crippen molar-refractivity contribution in [3.8, 4) is 0 Å². The quantitative estimate of drug-likeness (QED) is 0.795. The van der Waals surface area contributed by atoms with Crippen molar-refractivity contribution in [3.63, 3.8) is 0 Å². The molecule has 1 aliphatic heterocycles. The summed E-state index contributed by atoms with van der Waals surface area (Å²) in [6, 6.07) is 9.30. The third-order valence-corrected chi connectivity index (χ3v) is 2.86. The lowest BCUT2D eigenvalue weighted by molar-refractivity contribution is -0.199. The van der Waals surface area contributed by atoms with E-state index in [2.05, 4.69) is 4.74 Å². The molecule has 0 aliphatic carbocycles. The highest BCUT2D eigenvalue weighted by atomic mass is 19.4. The number of rotatable bonds is 4. The fraction of sp³-hybridized carbons (Fsp3) is 0.357. The zero-order valence-corrected chi connectivity index (χ0v) is 10.6. The van der Waals surface area contributed by atoms with Crippen LogP contribution in [0.5, 0.6) is 0 Å². The van der Waals surface area contributed by atoms with Gasteiger partial charge in [0.1, 0.15) is 6.61 Å². The predicted molar refractivity (Wildman–Crippen MR) is 67.9 cm³/mol. The first kappa shape index (κ1) is 14.6. The maximum absolute atomic E-state index is 11.9. The second-order valence-electron chi connectivity index (χ2n) is 4.54. The molecule has 0 spiro atoms. The van der Waals surface area contributed by atoms with Gasteiger partial charge in [-0.15, -0.1) is 0 Å². The normalized spacial score (nSPS) is 16.4. The van der Waals surface area contributed by atoms with Crippen molar-refractivity contribution in [2.24, 2.45) is 0 Å². The minimum Gasteiger partial charge on any atom is -0.365 e. The number of ether oxygens (including phenoxy) is 1. The summed E-state index contributed by atoms with van der Waals surface area (Å²) in [6.07, 6.45) is -1.76. The largest absolute Gasteiger partial charge is 0.411 e. The molecule has 1 aromatic rings. The molecule has 20 heavy (non-hydrogen) atoms. The summed E-state index contributed by atoms with van der Waals surface area (Å²) < 4.78 is 40.4. The van der Waals surface area contributed by atoms with Crippen LogP contribution >= 0.6 is 0 Å². The minimum absolute atomic E-state index is 0.202. The number of halogens is 3. The van der Waals surface area contributed by atoms with E-state index in [4.69, 9.17) is 0 Å².